The second-order valence-electron chi connectivity index (χ2n) is 10.5. The molecule has 3 unspecified atom stereocenters. The van der Waals surface area contributed by atoms with Gasteiger partial charge in [-0.3, -0.25) is 4.79 Å². The highest BCUT2D eigenvalue weighted by Crippen LogP contribution is 2.44. The number of hydrogen-bond donors (Lipinski definition) is 0. The zero-order valence-corrected chi connectivity index (χ0v) is 24.3. The number of benzene rings is 2. The van der Waals surface area contributed by atoms with Crippen molar-refractivity contribution < 1.29 is 19.1 Å². The lowest BCUT2D eigenvalue weighted by Crippen LogP contribution is -2.49. The van der Waals surface area contributed by atoms with Crippen LogP contribution in [0.25, 0.3) is 11.1 Å². The van der Waals surface area contributed by atoms with Crippen LogP contribution in [0.2, 0.25) is 0 Å². The van der Waals surface area contributed by atoms with Gasteiger partial charge in [0.15, 0.2) is 0 Å². The van der Waals surface area contributed by atoms with Crippen LogP contribution in [0.5, 0.6) is 5.88 Å². The van der Waals surface area contributed by atoms with Crippen LogP contribution in [0.1, 0.15) is 54.6 Å². The SMILES string of the molecule is CCC(C)N1CC(C)C(CN(C)C(=O)OCC2c3ccccc3-c3ccccc32)Oc2ncc(Br)cc2C1=O. The molecule has 7 nitrogen and oxygen atoms in total. The van der Waals surface area contributed by atoms with Crippen molar-refractivity contribution >= 4 is 27.9 Å². The Labute approximate surface area is 238 Å². The molecule has 2 amide bonds. The fraction of sp³-hybridized carbons (Fsp3) is 0.387. The molecule has 0 radical (unpaired) electrons. The topological polar surface area (TPSA) is 72.0 Å². The maximum atomic E-state index is 13.4. The van der Waals surface area contributed by atoms with Gasteiger partial charge < -0.3 is 19.3 Å². The summed E-state index contributed by atoms with van der Waals surface area (Å²) in [5.74, 6) is 0.152. The van der Waals surface area contributed by atoms with Gasteiger partial charge in [0.05, 0.1) is 6.54 Å². The molecule has 2 heterocycles. The van der Waals surface area contributed by atoms with Crippen molar-refractivity contribution in [3.8, 4) is 17.0 Å². The molecule has 0 N–H and O–H groups in total. The number of nitrogens with zero attached hydrogens (tertiary/aromatic N) is 3. The molecule has 5 rings (SSSR count). The molecular weight excluding hydrogens is 558 g/mol. The fourth-order valence-electron chi connectivity index (χ4n) is 5.47. The average molecular weight is 593 g/mol. The van der Waals surface area contributed by atoms with E-state index in [9.17, 15) is 9.59 Å². The second kappa shape index (κ2) is 11.4. The van der Waals surface area contributed by atoms with Crippen molar-refractivity contribution in [1.82, 2.24) is 14.8 Å². The number of fused-ring (bicyclic) bond motifs is 4. The number of rotatable bonds is 6. The molecule has 0 spiro atoms. The summed E-state index contributed by atoms with van der Waals surface area (Å²) in [7, 11) is 1.72. The Morgan fingerprint density at radius 3 is 2.44 bits per heavy atom. The van der Waals surface area contributed by atoms with E-state index in [-0.39, 0.29) is 42.4 Å². The monoisotopic (exact) mass is 591 g/mol. The third-order valence-electron chi connectivity index (χ3n) is 7.92. The minimum Gasteiger partial charge on any atom is -0.472 e. The molecule has 204 valence electrons. The first-order chi connectivity index (χ1) is 18.8. The third kappa shape index (κ3) is 5.39. The van der Waals surface area contributed by atoms with E-state index < -0.39 is 6.09 Å². The van der Waals surface area contributed by atoms with Crippen molar-refractivity contribution in [1.29, 1.82) is 0 Å². The van der Waals surface area contributed by atoms with Crippen LogP contribution in [-0.2, 0) is 4.74 Å². The molecule has 2 aromatic carbocycles. The van der Waals surface area contributed by atoms with Gasteiger partial charge in [0, 0.05) is 42.1 Å². The first-order valence-electron chi connectivity index (χ1n) is 13.5. The number of amides is 2. The Morgan fingerprint density at radius 1 is 1.15 bits per heavy atom. The molecule has 0 saturated heterocycles. The first-order valence-corrected chi connectivity index (χ1v) is 14.3. The van der Waals surface area contributed by atoms with E-state index in [0.29, 0.717) is 23.1 Å². The molecule has 3 aromatic rings. The van der Waals surface area contributed by atoms with E-state index >= 15 is 0 Å². The third-order valence-corrected chi connectivity index (χ3v) is 8.35. The maximum absolute atomic E-state index is 13.4. The van der Waals surface area contributed by atoms with E-state index in [1.54, 1.807) is 24.2 Å². The fourth-order valence-corrected chi connectivity index (χ4v) is 5.80. The van der Waals surface area contributed by atoms with Crippen molar-refractivity contribution in [3.05, 3.63) is 82.0 Å². The predicted molar refractivity (Wildman–Crippen MR) is 154 cm³/mol. The summed E-state index contributed by atoms with van der Waals surface area (Å²) in [4.78, 5) is 34.4. The predicted octanol–water partition coefficient (Wildman–Crippen LogP) is 6.36. The Hall–Kier alpha value is -3.39. The largest absolute Gasteiger partial charge is 0.472 e. The van der Waals surface area contributed by atoms with Crippen LogP contribution in [0.4, 0.5) is 4.79 Å². The average Bonchev–Trinajstić information content (AvgIpc) is 3.27. The van der Waals surface area contributed by atoms with Gasteiger partial charge >= 0.3 is 6.09 Å². The molecule has 1 aliphatic heterocycles. The summed E-state index contributed by atoms with van der Waals surface area (Å²) in [6, 6.07) is 18.4. The van der Waals surface area contributed by atoms with Gasteiger partial charge in [-0.15, -0.1) is 0 Å². The molecule has 1 aliphatic carbocycles. The highest BCUT2D eigenvalue weighted by atomic mass is 79.9. The number of carbonyl (C=O) groups excluding carboxylic acids is 2. The minimum absolute atomic E-state index is 0.00376. The van der Waals surface area contributed by atoms with Gasteiger partial charge in [0.2, 0.25) is 5.88 Å². The van der Waals surface area contributed by atoms with E-state index in [4.69, 9.17) is 9.47 Å². The van der Waals surface area contributed by atoms with E-state index in [2.05, 4.69) is 59.0 Å². The molecule has 8 heteroatoms. The number of carbonyl (C=O) groups is 2. The molecule has 0 fully saturated rings. The molecule has 1 aromatic heterocycles. The Kier molecular flexibility index (Phi) is 7.93. The van der Waals surface area contributed by atoms with Crippen LogP contribution in [0.15, 0.2) is 65.3 Å². The zero-order valence-electron chi connectivity index (χ0n) is 22.8. The first kappa shape index (κ1) is 27.2. The molecule has 39 heavy (non-hydrogen) atoms. The van der Waals surface area contributed by atoms with E-state index in [1.807, 2.05) is 36.1 Å². The molecule has 0 bridgehead atoms. The van der Waals surface area contributed by atoms with Gasteiger partial charge in [-0.2, -0.15) is 0 Å². The summed E-state index contributed by atoms with van der Waals surface area (Å²) >= 11 is 3.43. The van der Waals surface area contributed by atoms with Gasteiger partial charge in [-0.05, 0) is 57.6 Å². The van der Waals surface area contributed by atoms with Crippen LogP contribution in [-0.4, -0.2) is 65.7 Å². The summed E-state index contributed by atoms with van der Waals surface area (Å²) < 4.78 is 12.9. The quantitative estimate of drug-likeness (QED) is 0.333. The Balaban J connectivity index is 1.31. The van der Waals surface area contributed by atoms with Crippen molar-refractivity contribution in [2.45, 2.75) is 45.3 Å². The van der Waals surface area contributed by atoms with E-state index in [1.165, 1.54) is 22.3 Å². The smallest absolute Gasteiger partial charge is 0.409 e. The van der Waals surface area contributed by atoms with Crippen LogP contribution in [0, 0.1) is 5.92 Å². The van der Waals surface area contributed by atoms with Crippen LogP contribution < -0.4 is 4.74 Å². The van der Waals surface area contributed by atoms with Gasteiger partial charge in [-0.1, -0.05) is 62.4 Å². The highest BCUT2D eigenvalue weighted by Gasteiger charge is 2.35. The molecule has 0 saturated carbocycles. The number of pyridine rings is 1. The van der Waals surface area contributed by atoms with Crippen LogP contribution in [0.3, 0.4) is 0 Å². The minimum atomic E-state index is -0.409. The number of halogens is 1. The summed E-state index contributed by atoms with van der Waals surface area (Å²) in [5.41, 5.74) is 5.16. The maximum Gasteiger partial charge on any atom is 0.409 e. The summed E-state index contributed by atoms with van der Waals surface area (Å²) in [6.07, 6.45) is 1.68. The Bertz CT molecular complexity index is 1330. The number of ether oxygens (including phenoxy) is 2. The summed E-state index contributed by atoms with van der Waals surface area (Å²) in [6.45, 7) is 7.24. The number of hydrogen-bond acceptors (Lipinski definition) is 5. The standard InChI is InChI=1S/C31H34BrN3O4/c1-5-20(3)35-16-19(2)28(39-29-26(30(35)36)14-21(32)15-33-29)17-34(4)31(37)38-18-27-24-12-8-6-10-22(24)23-11-7-9-13-25(23)27/h6-15,19-20,27-28H,5,16-18H2,1-4H3. The van der Waals surface area contributed by atoms with Gasteiger partial charge in [-0.25, -0.2) is 9.78 Å². The van der Waals surface area contributed by atoms with Crippen LogP contribution >= 0.6 is 15.9 Å². The zero-order chi connectivity index (χ0) is 27.7. The molecular formula is C31H34BrN3O4. The lowest BCUT2D eigenvalue weighted by Gasteiger charge is -2.37. The van der Waals surface area contributed by atoms with Gasteiger partial charge in [0.25, 0.3) is 5.91 Å². The number of aromatic nitrogens is 1. The molecule has 2 aliphatic rings. The lowest BCUT2D eigenvalue weighted by atomic mass is 9.98. The number of likely N-dealkylation sites (N-methyl/N-ethyl adjacent to an activating group) is 1. The lowest BCUT2D eigenvalue weighted by molar-refractivity contribution is 0.0363. The highest BCUT2D eigenvalue weighted by molar-refractivity contribution is 9.10. The van der Waals surface area contributed by atoms with E-state index in [0.717, 1.165) is 6.42 Å². The van der Waals surface area contributed by atoms with Crippen molar-refractivity contribution in [2.75, 3.05) is 26.7 Å². The Morgan fingerprint density at radius 2 is 1.79 bits per heavy atom. The second-order valence-corrected chi connectivity index (χ2v) is 11.5. The normalized spacial score (nSPS) is 19.2. The van der Waals surface area contributed by atoms with Crippen molar-refractivity contribution in [2.24, 2.45) is 5.92 Å². The van der Waals surface area contributed by atoms with Crippen molar-refractivity contribution in [3.63, 3.8) is 0 Å². The molecule has 3 atom stereocenters. The van der Waals surface area contributed by atoms with Gasteiger partial charge in [0.1, 0.15) is 18.3 Å². The summed E-state index contributed by atoms with van der Waals surface area (Å²) in [5, 5.41) is 0.